The normalized spacial score (nSPS) is 14.4. The zero-order valence-electron chi connectivity index (χ0n) is 10.5. The van der Waals surface area contributed by atoms with E-state index in [-0.39, 0.29) is 0 Å². The third-order valence-electron chi connectivity index (χ3n) is 3.42. The molecule has 1 aliphatic rings. The van der Waals surface area contributed by atoms with Gasteiger partial charge in [0.15, 0.2) is 0 Å². The second-order valence-corrected chi connectivity index (χ2v) is 4.60. The summed E-state index contributed by atoms with van der Waals surface area (Å²) in [5, 5.41) is 0. The van der Waals surface area contributed by atoms with Gasteiger partial charge >= 0.3 is 0 Å². The van der Waals surface area contributed by atoms with Crippen molar-refractivity contribution in [1.29, 1.82) is 0 Å². The van der Waals surface area contributed by atoms with E-state index < -0.39 is 0 Å². The second-order valence-electron chi connectivity index (χ2n) is 4.60. The molecule has 1 aromatic carbocycles. The Hall–Kier alpha value is -1.97. The molecule has 0 atom stereocenters. The highest BCUT2D eigenvalue weighted by Crippen LogP contribution is 2.31. The van der Waals surface area contributed by atoms with Crippen molar-refractivity contribution in [2.24, 2.45) is 0 Å². The number of anilines is 1. The third kappa shape index (κ3) is 2.06. The van der Waals surface area contributed by atoms with Crippen LogP contribution in [0.2, 0.25) is 0 Å². The van der Waals surface area contributed by atoms with Gasteiger partial charge in [0.25, 0.3) is 0 Å². The number of aromatic nitrogens is 2. The lowest BCUT2D eigenvalue weighted by Gasteiger charge is -2.31. The van der Waals surface area contributed by atoms with E-state index in [0.717, 1.165) is 31.0 Å². The van der Waals surface area contributed by atoms with Gasteiger partial charge in [-0.3, -0.25) is 0 Å². The number of nitrogens with one attached hydrogen (secondary N) is 1. The van der Waals surface area contributed by atoms with Crippen molar-refractivity contribution in [3.05, 3.63) is 42.0 Å². The van der Waals surface area contributed by atoms with Crippen LogP contribution < -0.4 is 9.64 Å². The van der Waals surface area contributed by atoms with Crippen LogP contribution in [0.5, 0.6) is 5.75 Å². The molecule has 94 valence electrons. The number of imidazole rings is 1. The van der Waals surface area contributed by atoms with Gasteiger partial charge in [0.1, 0.15) is 5.75 Å². The number of nitrogens with zero attached hydrogens (tertiary/aromatic N) is 2. The zero-order valence-corrected chi connectivity index (χ0v) is 10.5. The molecular formula is C14H17N3O. The molecule has 18 heavy (non-hydrogen) atoms. The average Bonchev–Trinajstić information content (AvgIpc) is 2.91. The summed E-state index contributed by atoms with van der Waals surface area (Å²) in [7, 11) is 1.71. The molecule has 0 fully saturated rings. The number of aryl methyl sites for hydroxylation is 1. The number of aromatic amines is 1. The Bertz CT molecular complexity index is 522. The van der Waals surface area contributed by atoms with Crippen LogP contribution in [-0.2, 0) is 13.0 Å². The Balaban J connectivity index is 1.90. The third-order valence-corrected chi connectivity index (χ3v) is 3.42. The molecule has 3 rings (SSSR count). The van der Waals surface area contributed by atoms with Crippen LogP contribution in [0.4, 0.5) is 5.69 Å². The Labute approximate surface area is 107 Å². The van der Waals surface area contributed by atoms with Crippen LogP contribution >= 0.6 is 0 Å². The van der Waals surface area contributed by atoms with Gasteiger partial charge in [-0.25, -0.2) is 4.98 Å². The molecule has 0 bridgehead atoms. The van der Waals surface area contributed by atoms with Crippen molar-refractivity contribution in [2.75, 3.05) is 18.6 Å². The predicted molar refractivity (Wildman–Crippen MR) is 71.0 cm³/mol. The molecular weight excluding hydrogens is 226 g/mol. The molecule has 0 spiro atoms. The SMILES string of the molecule is COc1ccc2c(c1)N(Cc1cnc[nH]1)CCC2. The average molecular weight is 243 g/mol. The van der Waals surface area contributed by atoms with E-state index in [4.69, 9.17) is 4.74 Å². The van der Waals surface area contributed by atoms with Crippen LogP contribution in [0.1, 0.15) is 17.7 Å². The molecule has 0 saturated heterocycles. The summed E-state index contributed by atoms with van der Waals surface area (Å²) in [6.45, 7) is 1.96. The Kier molecular flexibility index (Phi) is 2.92. The maximum Gasteiger partial charge on any atom is 0.120 e. The first-order valence-corrected chi connectivity index (χ1v) is 6.26. The Morgan fingerprint density at radius 2 is 2.39 bits per heavy atom. The summed E-state index contributed by atoms with van der Waals surface area (Å²) < 4.78 is 5.32. The topological polar surface area (TPSA) is 41.1 Å². The molecule has 0 saturated carbocycles. The van der Waals surface area contributed by atoms with Gasteiger partial charge in [0, 0.05) is 24.5 Å². The maximum atomic E-state index is 5.32. The highest BCUT2D eigenvalue weighted by atomic mass is 16.5. The van der Waals surface area contributed by atoms with E-state index >= 15 is 0 Å². The lowest BCUT2D eigenvalue weighted by Crippen LogP contribution is -2.28. The van der Waals surface area contributed by atoms with Gasteiger partial charge in [0.2, 0.25) is 0 Å². The summed E-state index contributed by atoms with van der Waals surface area (Å²) in [5.74, 6) is 0.922. The van der Waals surface area contributed by atoms with Gasteiger partial charge in [0.05, 0.1) is 25.7 Å². The number of rotatable bonds is 3. The van der Waals surface area contributed by atoms with E-state index in [1.807, 2.05) is 12.3 Å². The molecule has 1 N–H and O–H groups in total. The standard InChI is InChI=1S/C14H17N3O/c1-18-13-5-4-11-3-2-6-17(14(11)7-13)9-12-8-15-10-16-12/h4-5,7-8,10H,2-3,6,9H2,1H3,(H,15,16). The maximum absolute atomic E-state index is 5.32. The Morgan fingerprint density at radius 3 is 3.17 bits per heavy atom. The number of hydrogen-bond acceptors (Lipinski definition) is 3. The van der Waals surface area contributed by atoms with Gasteiger partial charge in [-0.15, -0.1) is 0 Å². The molecule has 1 aromatic heterocycles. The fourth-order valence-electron chi connectivity index (χ4n) is 2.50. The van der Waals surface area contributed by atoms with Crippen LogP contribution in [0, 0.1) is 0 Å². The number of fused-ring (bicyclic) bond motifs is 1. The summed E-state index contributed by atoms with van der Waals surface area (Å²) in [6.07, 6.45) is 5.96. The molecule has 2 aromatic rings. The fraction of sp³-hybridized carbons (Fsp3) is 0.357. The van der Waals surface area contributed by atoms with Crippen molar-refractivity contribution in [3.63, 3.8) is 0 Å². The minimum atomic E-state index is 0.875. The fourth-order valence-corrected chi connectivity index (χ4v) is 2.50. The highest BCUT2D eigenvalue weighted by molar-refractivity contribution is 5.58. The van der Waals surface area contributed by atoms with Gasteiger partial charge in [-0.05, 0) is 24.5 Å². The van der Waals surface area contributed by atoms with E-state index in [9.17, 15) is 0 Å². The number of hydrogen-bond donors (Lipinski definition) is 1. The second kappa shape index (κ2) is 4.72. The molecule has 0 unspecified atom stereocenters. The first kappa shape index (κ1) is 11.1. The molecule has 0 aliphatic carbocycles. The minimum Gasteiger partial charge on any atom is -0.497 e. The molecule has 0 radical (unpaired) electrons. The van der Waals surface area contributed by atoms with Crippen LogP contribution in [0.15, 0.2) is 30.7 Å². The van der Waals surface area contributed by atoms with Crippen LogP contribution in [-0.4, -0.2) is 23.6 Å². The summed E-state index contributed by atoms with van der Waals surface area (Å²) in [5.41, 5.74) is 3.84. The lowest BCUT2D eigenvalue weighted by molar-refractivity contribution is 0.414. The quantitative estimate of drug-likeness (QED) is 0.899. The van der Waals surface area contributed by atoms with Crippen LogP contribution in [0.25, 0.3) is 0 Å². The summed E-state index contributed by atoms with van der Waals surface area (Å²) >= 11 is 0. The first-order valence-electron chi connectivity index (χ1n) is 6.26. The summed E-state index contributed by atoms with van der Waals surface area (Å²) in [6, 6.07) is 6.34. The number of benzene rings is 1. The van der Waals surface area contributed by atoms with Crippen molar-refractivity contribution in [2.45, 2.75) is 19.4 Å². The minimum absolute atomic E-state index is 0.875. The monoisotopic (exact) mass is 243 g/mol. The van der Waals surface area contributed by atoms with Crippen molar-refractivity contribution in [1.82, 2.24) is 9.97 Å². The molecule has 1 aliphatic heterocycles. The number of methoxy groups -OCH3 is 1. The predicted octanol–water partition coefficient (Wildman–Crippen LogP) is 2.37. The molecule has 4 nitrogen and oxygen atoms in total. The van der Waals surface area contributed by atoms with Crippen LogP contribution in [0.3, 0.4) is 0 Å². The van der Waals surface area contributed by atoms with Gasteiger partial charge < -0.3 is 14.6 Å². The summed E-state index contributed by atoms with van der Waals surface area (Å²) in [4.78, 5) is 9.61. The van der Waals surface area contributed by atoms with E-state index in [2.05, 4.69) is 27.0 Å². The number of H-pyrrole nitrogens is 1. The largest absolute Gasteiger partial charge is 0.497 e. The van der Waals surface area contributed by atoms with Crippen molar-refractivity contribution >= 4 is 5.69 Å². The lowest BCUT2D eigenvalue weighted by atomic mass is 10.0. The molecule has 2 heterocycles. The van der Waals surface area contributed by atoms with Crippen molar-refractivity contribution < 1.29 is 4.74 Å². The molecule has 4 heteroatoms. The zero-order chi connectivity index (χ0) is 12.4. The van der Waals surface area contributed by atoms with E-state index in [0.29, 0.717) is 0 Å². The first-order chi connectivity index (χ1) is 8.86. The van der Waals surface area contributed by atoms with Gasteiger partial charge in [-0.1, -0.05) is 6.07 Å². The van der Waals surface area contributed by atoms with Gasteiger partial charge in [-0.2, -0.15) is 0 Å². The van der Waals surface area contributed by atoms with E-state index in [1.165, 1.54) is 17.7 Å². The Morgan fingerprint density at radius 1 is 1.44 bits per heavy atom. The molecule has 0 amide bonds. The highest BCUT2D eigenvalue weighted by Gasteiger charge is 2.17. The number of ether oxygens (including phenoxy) is 1. The van der Waals surface area contributed by atoms with E-state index in [1.54, 1.807) is 13.4 Å². The van der Waals surface area contributed by atoms with Crippen molar-refractivity contribution in [3.8, 4) is 5.75 Å². The smallest absolute Gasteiger partial charge is 0.120 e.